The van der Waals surface area contributed by atoms with Crippen molar-refractivity contribution < 1.29 is 4.79 Å². The second-order valence-corrected chi connectivity index (χ2v) is 5.75. The Morgan fingerprint density at radius 2 is 2.09 bits per heavy atom. The molecule has 0 unspecified atom stereocenters. The standard InChI is InChI=1S/C17H16N4O/c1-11-9-12(2)13-6-8-20(15(13)10-11)17(22)16-14-5-3-4-7-21(14)19-18-16/h3-5,7,9-10H,6,8H2,1-2H3. The van der Waals surface area contributed by atoms with Crippen molar-refractivity contribution in [2.45, 2.75) is 20.3 Å². The number of aromatic nitrogens is 3. The van der Waals surface area contributed by atoms with Crippen LogP contribution in [0.4, 0.5) is 5.69 Å². The number of pyridine rings is 1. The third kappa shape index (κ3) is 1.82. The van der Waals surface area contributed by atoms with Crippen LogP contribution in [0, 0.1) is 13.8 Å². The van der Waals surface area contributed by atoms with E-state index < -0.39 is 0 Å². The molecule has 0 aliphatic carbocycles. The van der Waals surface area contributed by atoms with Crippen LogP contribution in [0.3, 0.4) is 0 Å². The monoisotopic (exact) mass is 292 g/mol. The first-order valence-electron chi connectivity index (χ1n) is 7.37. The van der Waals surface area contributed by atoms with E-state index in [1.807, 2.05) is 23.1 Å². The Balaban J connectivity index is 1.80. The predicted octanol–water partition coefficient (Wildman–Crippen LogP) is 2.55. The number of anilines is 1. The van der Waals surface area contributed by atoms with Crippen LogP contribution in [0.2, 0.25) is 0 Å². The van der Waals surface area contributed by atoms with E-state index in [1.165, 1.54) is 16.7 Å². The summed E-state index contributed by atoms with van der Waals surface area (Å²) in [6.45, 7) is 4.86. The molecule has 3 aromatic rings. The van der Waals surface area contributed by atoms with Crippen LogP contribution in [-0.4, -0.2) is 27.3 Å². The summed E-state index contributed by atoms with van der Waals surface area (Å²) in [7, 11) is 0. The molecule has 4 rings (SSSR count). The molecule has 2 aromatic heterocycles. The van der Waals surface area contributed by atoms with Gasteiger partial charge in [-0.25, -0.2) is 4.52 Å². The van der Waals surface area contributed by atoms with E-state index in [0.29, 0.717) is 12.2 Å². The highest BCUT2D eigenvalue weighted by Crippen LogP contribution is 2.33. The van der Waals surface area contributed by atoms with Crippen LogP contribution < -0.4 is 4.90 Å². The van der Waals surface area contributed by atoms with Crippen molar-refractivity contribution in [2.24, 2.45) is 0 Å². The Morgan fingerprint density at radius 1 is 1.23 bits per heavy atom. The fraction of sp³-hybridized carbons (Fsp3) is 0.235. The van der Waals surface area contributed by atoms with E-state index in [-0.39, 0.29) is 5.91 Å². The zero-order valence-electron chi connectivity index (χ0n) is 12.6. The number of nitrogens with zero attached hydrogens (tertiary/aromatic N) is 4. The Labute approximate surface area is 128 Å². The van der Waals surface area contributed by atoms with Gasteiger partial charge in [0.25, 0.3) is 5.91 Å². The number of hydrogen-bond acceptors (Lipinski definition) is 3. The van der Waals surface area contributed by atoms with Crippen LogP contribution >= 0.6 is 0 Å². The molecule has 5 heteroatoms. The number of aryl methyl sites for hydroxylation is 2. The average molecular weight is 292 g/mol. The summed E-state index contributed by atoms with van der Waals surface area (Å²) >= 11 is 0. The summed E-state index contributed by atoms with van der Waals surface area (Å²) < 4.78 is 1.63. The van der Waals surface area contributed by atoms with Gasteiger partial charge in [0.05, 0.1) is 5.52 Å². The molecule has 0 N–H and O–H groups in total. The quantitative estimate of drug-likeness (QED) is 0.692. The second kappa shape index (κ2) is 4.66. The van der Waals surface area contributed by atoms with Crippen molar-refractivity contribution in [3.8, 4) is 0 Å². The van der Waals surface area contributed by atoms with E-state index in [1.54, 1.807) is 10.7 Å². The molecule has 0 bridgehead atoms. The lowest BCUT2D eigenvalue weighted by Crippen LogP contribution is -2.29. The van der Waals surface area contributed by atoms with Gasteiger partial charge >= 0.3 is 0 Å². The highest BCUT2D eigenvalue weighted by atomic mass is 16.2. The number of benzene rings is 1. The predicted molar refractivity (Wildman–Crippen MR) is 84.3 cm³/mol. The number of fused-ring (bicyclic) bond motifs is 2. The summed E-state index contributed by atoms with van der Waals surface area (Å²) in [5.41, 5.74) is 5.84. The maximum Gasteiger partial charge on any atom is 0.281 e. The number of rotatable bonds is 1. The van der Waals surface area contributed by atoms with Crippen LogP contribution in [0.25, 0.3) is 5.52 Å². The second-order valence-electron chi connectivity index (χ2n) is 5.75. The minimum absolute atomic E-state index is 0.0787. The molecule has 0 fully saturated rings. The molecule has 0 radical (unpaired) electrons. The molecule has 1 amide bonds. The van der Waals surface area contributed by atoms with Crippen molar-refractivity contribution >= 4 is 17.1 Å². The zero-order valence-corrected chi connectivity index (χ0v) is 12.6. The number of carbonyl (C=O) groups excluding carboxylic acids is 1. The van der Waals surface area contributed by atoms with E-state index >= 15 is 0 Å². The van der Waals surface area contributed by atoms with E-state index in [9.17, 15) is 4.79 Å². The van der Waals surface area contributed by atoms with Gasteiger partial charge in [-0.1, -0.05) is 17.3 Å². The van der Waals surface area contributed by atoms with Gasteiger partial charge in [0.2, 0.25) is 0 Å². The minimum Gasteiger partial charge on any atom is -0.306 e. The molecule has 0 spiro atoms. The van der Waals surface area contributed by atoms with Crippen molar-refractivity contribution in [1.82, 2.24) is 14.8 Å². The van der Waals surface area contributed by atoms with Gasteiger partial charge in [-0.2, -0.15) is 0 Å². The van der Waals surface area contributed by atoms with Crippen LogP contribution in [0.15, 0.2) is 36.5 Å². The lowest BCUT2D eigenvalue weighted by Gasteiger charge is -2.17. The number of amides is 1. The molecule has 22 heavy (non-hydrogen) atoms. The number of carbonyl (C=O) groups is 1. The first kappa shape index (κ1) is 13.0. The summed E-state index contributed by atoms with van der Waals surface area (Å²) in [5.74, 6) is -0.0787. The Hall–Kier alpha value is -2.69. The fourth-order valence-corrected chi connectivity index (χ4v) is 3.22. The van der Waals surface area contributed by atoms with Gasteiger partial charge in [0.1, 0.15) is 0 Å². The van der Waals surface area contributed by atoms with Gasteiger partial charge in [-0.15, -0.1) is 5.10 Å². The van der Waals surface area contributed by atoms with Gasteiger partial charge in [-0.3, -0.25) is 4.79 Å². The van der Waals surface area contributed by atoms with Crippen molar-refractivity contribution in [1.29, 1.82) is 0 Å². The van der Waals surface area contributed by atoms with Crippen molar-refractivity contribution in [2.75, 3.05) is 11.4 Å². The summed E-state index contributed by atoms with van der Waals surface area (Å²) in [4.78, 5) is 14.7. The molecule has 3 heterocycles. The molecule has 0 atom stereocenters. The topological polar surface area (TPSA) is 50.5 Å². The Morgan fingerprint density at radius 3 is 2.95 bits per heavy atom. The van der Waals surface area contributed by atoms with Crippen LogP contribution in [-0.2, 0) is 6.42 Å². The Kier molecular flexibility index (Phi) is 2.76. The highest BCUT2D eigenvalue weighted by molar-refractivity contribution is 6.10. The molecule has 1 aliphatic heterocycles. The molecule has 110 valence electrons. The molecule has 5 nitrogen and oxygen atoms in total. The first-order valence-corrected chi connectivity index (χ1v) is 7.37. The SMILES string of the molecule is Cc1cc(C)c2c(c1)N(C(=O)c1nnn3ccccc13)CC2. The average Bonchev–Trinajstić information content (AvgIpc) is 3.10. The maximum absolute atomic E-state index is 12.9. The fourth-order valence-electron chi connectivity index (χ4n) is 3.22. The number of hydrogen-bond donors (Lipinski definition) is 0. The van der Waals surface area contributed by atoms with E-state index in [2.05, 4.69) is 36.3 Å². The van der Waals surface area contributed by atoms with Gasteiger partial charge < -0.3 is 4.90 Å². The first-order chi connectivity index (χ1) is 10.6. The van der Waals surface area contributed by atoms with Gasteiger partial charge in [0.15, 0.2) is 5.69 Å². The summed E-state index contributed by atoms with van der Waals surface area (Å²) in [5, 5.41) is 8.10. The zero-order chi connectivity index (χ0) is 15.3. The molecular formula is C17H16N4O. The lowest BCUT2D eigenvalue weighted by molar-refractivity contribution is 0.0986. The largest absolute Gasteiger partial charge is 0.306 e. The Bertz CT molecular complexity index is 897. The van der Waals surface area contributed by atoms with Crippen molar-refractivity contribution in [3.05, 3.63) is 58.9 Å². The summed E-state index contributed by atoms with van der Waals surface area (Å²) in [6, 6.07) is 9.88. The highest BCUT2D eigenvalue weighted by Gasteiger charge is 2.29. The third-order valence-corrected chi connectivity index (χ3v) is 4.24. The van der Waals surface area contributed by atoms with Crippen LogP contribution in [0.5, 0.6) is 0 Å². The van der Waals surface area contributed by atoms with Gasteiger partial charge in [0, 0.05) is 18.4 Å². The summed E-state index contributed by atoms with van der Waals surface area (Å²) in [6.07, 6.45) is 2.69. The van der Waals surface area contributed by atoms with Crippen LogP contribution in [0.1, 0.15) is 27.2 Å². The smallest absolute Gasteiger partial charge is 0.281 e. The molecule has 1 aliphatic rings. The van der Waals surface area contributed by atoms with Crippen molar-refractivity contribution in [3.63, 3.8) is 0 Å². The molecule has 0 saturated carbocycles. The molecule has 0 saturated heterocycles. The van der Waals surface area contributed by atoms with E-state index in [4.69, 9.17) is 0 Å². The maximum atomic E-state index is 12.9. The lowest BCUT2D eigenvalue weighted by atomic mass is 10.0. The van der Waals surface area contributed by atoms with Gasteiger partial charge in [-0.05, 0) is 55.2 Å². The normalized spacial score (nSPS) is 13.6. The third-order valence-electron chi connectivity index (χ3n) is 4.24. The molecular weight excluding hydrogens is 276 g/mol. The molecule has 1 aromatic carbocycles. The van der Waals surface area contributed by atoms with E-state index in [0.717, 1.165) is 17.6 Å². The minimum atomic E-state index is -0.0787.